The SMILES string of the molecule is CCNC(=NCC(=O)Nc1ccccc1)Nc1ccc(OC)c(OCC)c1. The van der Waals surface area contributed by atoms with Crippen LogP contribution in [0.25, 0.3) is 0 Å². The minimum Gasteiger partial charge on any atom is -0.493 e. The fourth-order valence-electron chi connectivity index (χ4n) is 2.34. The molecule has 0 aliphatic carbocycles. The zero-order valence-corrected chi connectivity index (χ0v) is 15.9. The molecule has 0 bridgehead atoms. The zero-order valence-electron chi connectivity index (χ0n) is 15.9. The summed E-state index contributed by atoms with van der Waals surface area (Å²) in [6.45, 7) is 5.07. The maximum absolute atomic E-state index is 12.1. The Hall–Kier alpha value is -3.22. The number of nitrogens with one attached hydrogen (secondary N) is 3. The van der Waals surface area contributed by atoms with E-state index in [0.29, 0.717) is 30.6 Å². The third-order valence-corrected chi connectivity index (χ3v) is 3.51. The fraction of sp³-hybridized carbons (Fsp3) is 0.300. The second kappa shape index (κ2) is 10.7. The van der Waals surface area contributed by atoms with Crippen molar-refractivity contribution < 1.29 is 14.3 Å². The van der Waals surface area contributed by atoms with Crippen molar-refractivity contribution in [2.45, 2.75) is 13.8 Å². The Morgan fingerprint density at radius 2 is 1.78 bits per heavy atom. The van der Waals surface area contributed by atoms with Crippen LogP contribution in [0.2, 0.25) is 0 Å². The quantitative estimate of drug-likeness (QED) is 0.491. The van der Waals surface area contributed by atoms with Crippen LogP contribution >= 0.6 is 0 Å². The maximum atomic E-state index is 12.1. The molecule has 2 aromatic rings. The Morgan fingerprint density at radius 3 is 2.44 bits per heavy atom. The van der Waals surface area contributed by atoms with Crippen molar-refractivity contribution in [3.63, 3.8) is 0 Å². The molecule has 0 aromatic heterocycles. The Morgan fingerprint density at radius 1 is 1.00 bits per heavy atom. The van der Waals surface area contributed by atoms with Crippen LogP contribution in [-0.4, -0.2) is 38.7 Å². The number of aliphatic imine (C=N–C) groups is 1. The fourth-order valence-corrected chi connectivity index (χ4v) is 2.34. The third kappa shape index (κ3) is 6.54. The molecular formula is C20H26N4O3. The molecule has 2 aromatic carbocycles. The standard InChI is InChI=1S/C20H26N4O3/c1-4-21-20(22-14-19(25)23-15-9-7-6-8-10-15)24-16-11-12-17(26-3)18(13-16)27-5-2/h6-13H,4-5,14H2,1-3H3,(H,23,25)(H2,21,22,24). The van der Waals surface area contributed by atoms with Crippen LogP contribution in [0.4, 0.5) is 11.4 Å². The summed E-state index contributed by atoms with van der Waals surface area (Å²) in [5, 5.41) is 9.10. The van der Waals surface area contributed by atoms with E-state index in [2.05, 4.69) is 20.9 Å². The lowest BCUT2D eigenvalue weighted by molar-refractivity contribution is -0.114. The molecule has 0 heterocycles. The van der Waals surface area contributed by atoms with E-state index in [0.717, 1.165) is 11.4 Å². The van der Waals surface area contributed by atoms with Gasteiger partial charge in [-0.25, -0.2) is 4.99 Å². The van der Waals surface area contributed by atoms with Crippen molar-refractivity contribution in [2.24, 2.45) is 4.99 Å². The Labute approximate surface area is 159 Å². The van der Waals surface area contributed by atoms with Gasteiger partial charge in [-0.3, -0.25) is 4.79 Å². The van der Waals surface area contributed by atoms with E-state index in [1.807, 2.05) is 62.4 Å². The van der Waals surface area contributed by atoms with Crippen LogP contribution < -0.4 is 25.4 Å². The highest BCUT2D eigenvalue weighted by Gasteiger charge is 2.08. The Balaban J connectivity index is 2.04. The van der Waals surface area contributed by atoms with Gasteiger partial charge >= 0.3 is 0 Å². The van der Waals surface area contributed by atoms with Gasteiger partial charge in [0.05, 0.1) is 13.7 Å². The van der Waals surface area contributed by atoms with E-state index in [1.54, 1.807) is 7.11 Å². The topological polar surface area (TPSA) is 84.0 Å². The van der Waals surface area contributed by atoms with Crippen molar-refractivity contribution in [1.82, 2.24) is 5.32 Å². The first kappa shape index (κ1) is 20.1. The number of nitrogens with zero attached hydrogens (tertiary/aromatic N) is 1. The number of guanidine groups is 1. The third-order valence-electron chi connectivity index (χ3n) is 3.51. The summed E-state index contributed by atoms with van der Waals surface area (Å²) in [5.41, 5.74) is 1.52. The number of amides is 1. The van der Waals surface area contributed by atoms with Gasteiger partial charge in [0, 0.05) is 24.0 Å². The molecule has 7 heteroatoms. The molecule has 0 atom stereocenters. The van der Waals surface area contributed by atoms with E-state index in [9.17, 15) is 4.79 Å². The highest BCUT2D eigenvalue weighted by Crippen LogP contribution is 2.30. The molecule has 0 radical (unpaired) electrons. The molecular weight excluding hydrogens is 344 g/mol. The van der Waals surface area contributed by atoms with Gasteiger partial charge in [0.25, 0.3) is 0 Å². The van der Waals surface area contributed by atoms with Gasteiger partial charge in [-0.05, 0) is 38.1 Å². The second-order valence-electron chi connectivity index (χ2n) is 5.53. The molecule has 7 nitrogen and oxygen atoms in total. The summed E-state index contributed by atoms with van der Waals surface area (Å²) in [6.07, 6.45) is 0. The van der Waals surface area contributed by atoms with Crippen LogP contribution in [0.1, 0.15) is 13.8 Å². The predicted molar refractivity (Wildman–Crippen MR) is 109 cm³/mol. The van der Waals surface area contributed by atoms with Gasteiger partial charge in [0.1, 0.15) is 6.54 Å². The van der Waals surface area contributed by atoms with Crippen molar-refractivity contribution >= 4 is 23.2 Å². The van der Waals surface area contributed by atoms with Crippen molar-refractivity contribution in [3.8, 4) is 11.5 Å². The first-order valence-electron chi connectivity index (χ1n) is 8.87. The molecule has 0 spiro atoms. The van der Waals surface area contributed by atoms with E-state index >= 15 is 0 Å². The Kier molecular flexibility index (Phi) is 7.96. The van der Waals surface area contributed by atoms with Gasteiger partial charge in [0.2, 0.25) is 5.91 Å². The number of anilines is 2. The normalized spacial score (nSPS) is 10.9. The number of methoxy groups -OCH3 is 1. The molecule has 1 amide bonds. The number of hydrogen-bond donors (Lipinski definition) is 3. The van der Waals surface area contributed by atoms with Crippen LogP contribution in [0, 0.1) is 0 Å². The number of rotatable bonds is 8. The first-order chi connectivity index (χ1) is 13.2. The number of benzene rings is 2. The van der Waals surface area contributed by atoms with Gasteiger partial charge in [0.15, 0.2) is 17.5 Å². The highest BCUT2D eigenvalue weighted by atomic mass is 16.5. The van der Waals surface area contributed by atoms with Crippen LogP contribution in [-0.2, 0) is 4.79 Å². The Bertz CT molecular complexity index is 763. The summed E-state index contributed by atoms with van der Waals surface area (Å²) >= 11 is 0. The molecule has 27 heavy (non-hydrogen) atoms. The van der Waals surface area contributed by atoms with E-state index in [-0.39, 0.29) is 12.5 Å². The largest absolute Gasteiger partial charge is 0.493 e. The molecule has 0 saturated carbocycles. The number of hydrogen-bond acceptors (Lipinski definition) is 4. The average molecular weight is 370 g/mol. The number of ether oxygens (including phenoxy) is 2. The summed E-state index contributed by atoms with van der Waals surface area (Å²) in [5.74, 6) is 1.62. The molecule has 0 fully saturated rings. The molecule has 0 aliphatic heterocycles. The first-order valence-corrected chi connectivity index (χ1v) is 8.87. The van der Waals surface area contributed by atoms with Crippen LogP contribution in [0.5, 0.6) is 11.5 Å². The van der Waals surface area contributed by atoms with E-state index < -0.39 is 0 Å². The summed E-state index contributed by atoms with van der Waals surface area (Å²) in [6, 6.07) is 14.8. The van der Waals surface area contributed by atoms with Crippen molar-refractivity contribution in [2.75, 3.05) is 37.4 Å². The smallest absolute Gasteiger partial charge is 0.246 e. The summed E-state index contributed by atoms with van der Waals surface area (Å²) < 4.78 is 10.9. The maximum Gasteiger partial charge on any atom is 0.246 e. The summed E-state index contributed by atoms with van der Waals surface area (Å²) in [7, 11) is 1.60. The molecule has 3 N–H and O–H groups in total. The zero-order chi connectivity index (χ0) is 19.5. The lowest BCUT2D eigenvalue weighted by Crippen LogP contribution is -2.31. The molecule has 0 saturated heterocycles. The van der Waals surface area contributed by atoms with Crippen molar-refractivity contribution in [1.29, 1.82) is 0 Å². The molecule has 2 rings (SSSR count). The highest BCUT2D eigenvalue weighted by molar-refractivity contribution is 5.97. The monoisotopic (exact) mass is 370 g/mol. The minimum absolute atomic E-state index is 0.00129. The van der Waals surface area contributed by atoms with E-state index in [1.165, 1.54) is 0 Å². The molecule has 0 unspecified atom stereocenters. The van der Waals surface area contributed by atoms with Gasteiger partial charge < -0.3 is 25.4 Å². The van der Waals surface area contributed by atoms with E-state index in [4.69, 9.17) is 9.47 Å². The average Bonchev–Trinajstić information content (AvgIpc) is 2.68. The lowest BCUT2D eigenvalue weighted by atomic mass is 10.2. The summed E-state index contributed by atoms with van der Waals surface area (Å²) in [4.78, 5) is 16.4. The van der Waals surface area contributed by atoms with Gasteiger partial charge in [-0.1, -0.05) is 18.2 Å². The van der Waals surface area contributed by atoms with Crippen molar-refractivity contribution in [3.05, 3.63) is 48.5 Å². The number of carbonyl (C=O) groups is 1. The predicted octanol–water partition coefficient (Wildman–Crippen LogP) is 3.11. The molecule has 0 aliphatic rings. The van der Waals surface area contributed by atoms with Crippen LogP contribution in [0.3, 0.4) is 0 Å². The lowest BCUT2D eigenvalue weighted by Gasteiger charge is -2.14. The molecule has 144 valence electrons. The number of para-hydroxylation sites is 1. The minimum atomic E-state index is -0.192. The van der Waals surface area contributed by atoms with Crippen LogP contribution in [0.15, 0.2) is 53.5 Å². The number of carbonyl (C=O) groups excluding carboxylic acids is 1. The van der Waals surface area contributed by atoms with Gasteiger partial charge in [-0.15, -0.1) is 0 Å². The van der Waals surface area contributed by atoms with Gasteiger partial charge in [-0.2, -0.15) is 0 Å². The second-order valence-corrected chi connectivity index (χ2v) is 5.53.